The molecule has 4 heteroatoms. The number of hydrogen-bond donors (Lipinski definition) is 3. The van der Waals surface area contributed by atoms with E-state index in [0.717, 1.165) is 19.1 Å². The molecule has 0 aromatic carbocycles. The molecule has 24 heavy (non-hydrogen) atoms. The van der Waals surface area contributed by atoms with E-state index in [0.29, 0.717) is 17.9 Å². The molecular formula is C20H38N2O2+2. The molecule has 1 saturated carbocycles. The van der Waals surface area contributed by atoms with Crippen molar-refractivity contribution < 1.29 is 19.6 Å². The van der Waals surface area contributed by atoms with E-state index in [-0.39, 0.29) is 6.10 Å². The summed E-state index contributed by atoms with van der Waals surface area (Å²) in [5.41, 5.74) is 1.95. The fourth-order valence-corrected chi connectivity index (χ4v) is 5.11. The maximum absolute atomic E-state index is 10.3. The van der Waals surface area contributed by atoms with Gasteiger partial charge in [0, 0.05) is 0 Å². The van der Waals surface area contributed by atoms with Crippen LogP contribution in [0.5, 0.6) is 0 Å². The van der Waals surface area contributed by atoms with E-state index in [9.17, 15) is 5.11 Å². The van der Waals surface area contributed by atoms with E-state index < -0.39 is 0 Å². The first kappa shape index (κ1) is 18.4. The standard InChI is InChI=1S/C20H36N2O2/c1-4-7-21-8-10-22(11-9-21)13-18(23)15-24-14-16-5-6-17-12-19(16)20(17,2)3/h5,17-19,23H,4,6-15H2,1-3H3/p+2/t17-,18-,19-/m1/s1. The van der Waals surface area contributed by atoms with Crippen LogP contribution in [0.3, 0.4) is 0 Å². The van der Waals surface area contributed by atoms with Gasteiger partial charge in [-0.3, -0.25) is 0 Å². The van der Waals surface area contributed by atoms with Crippen LogP contribution in [0.4, 0.5) is 0 Å². The van der Waals surface area contributed by atoms with Gasteiger partial charge in [0.05, 0.1) is 19.8 Å². The third kappa shape index (κ3) is 4.04. The highest BCUT2D eigenvalue weighted by atomic mass is 16.5. The van der Waals surface area contributed by atoms with Crippen molar-refractivity contribution >= 4 is 0 Å². The average molecular weight is 339 g/mol. The molecule has 4 nitrogen and oxygen atoms in total. The molecule has 0 spiro atoms. The van der Waals surface area contributed by atoms with E-state index in [4.69, 9.17) is 4.74 Å². The van der Waals surface area contributed by atoms with E-state index in [1.54, 1.807) is 9.80 Å². The van der Waals surface area contributed by atoms with Gasteiger partial charge < -0.3 is 19.6 Å². The monoisotopic (exact) mass is 338 g/mol. The van der Waals surface area contributed by atoms with Gasteiger partial charge in [-0.15, -0.1) is 0 Å². The molecule has 3 atom stereocenters. The fraction of sp³-hybridized carbons (Fsp3) is 0.900. The van der Waals surface area contributed by atoms with Crippen LogP contribution in [0.1, 0.15) is 40.0 Å². The first-order chi connectivity index (χ1) is 11.5. The molecule has 0 unspecified atom stereocenters. The number of nitrogens with one attached hydrogen (secondary N) is 2. The maximum atomic E-state index is 10.3. The zero-order valence-corrected chi connectivity index (χ0v) is 15.9. The van der Waals surface area contributed by atoms with Gasteiger partial charge >= 0.3 is 0 Å². The molecule has 3 N–H and O–H groups in total. The van der Waals surface area contributed by atoms with E-state index in [2.05, 4.69) is 26.8 Å². The number of aliphatic hydroxyl groups excluding tert-OH is 1. The molecule has 0 amide bonds. The summed E-state index contributed by atoms with van der Waals surface area (Å²) in [7, 11) is 0. The molecule has 1 saturated heterocycles. The number of aliphatic hydroxyl groups is 1. The Bertz CT molecular complexity index is 441. The molecular weight excluding hydrogens is 300 g/mol. The minimum atomic E-state index is -0.320. The van der Waals surface area contributed by atoms with E-state index in [1.807, 2.05) is 0 Å². The van der Waals surface area contributed by atoms with Crippen molar-refractivity contribution in [2.45, 2.75) is 46.1 Å². The Labute approximate surface area is 147 Å². The summed E-state index contributed by atoms with van der Waals surface area (Å²) in [6, 6.07) is 0. The molecule has 0 aromatic heterocycles. The second kappa shape index (κ2) is 7.86. The molecule has 4 aliphatic rings. The second-order valence-electron chi connectivity index (χ2n) is 8.94. The van der Waals surface area contributed by atoms with Crippen molar-refractivity contribution in [3.05, 3.63) is 11.6 Å². The highest BCUT2D eigenvalue weighted by molar-refractivity contribution is 5.23. The number of quaternary nitrogens is 2. The highest BCUT2D eigenvalue weighted by Gasteiger charge is 2.50. The van der Waals surface area contributed by atoms with Crippen LogP contribution in [0.25, 0.3) is 0 Å². The van der Waals surface area contributed by atoms with Crippen molar-refractivity contribution in [3.63, 3.8) is 0 Å². The second-order valence-corrected chi connectivity index (χ2v) is 8.94. The van der Waals surface area contributed by atoms with Gasteiger partial charge in [-0.25, -0.2) is 0 Å². The Balaban J connectivity index is 1.32. The number of allylic oxidation sites excluding steroid dienone is 1. The number of ether oxygens (including phenoxy) is 1. The molecule has 0 aromatic rings. The molecule has 1 heterocycles. The first-order valence-electron chi connectivity index (χ1n) is 10.1. The molecule has 3 aliphatic carbocycles. The average Bonchev–Trinajstić information content (AvgIpc) is 2.57. The first-order valence-corrected chi connectivity index (χ1v) is 10.1. The Morgan fingerprint density at radius 2 is 1.96 bits per heavy atom. The molecule has 138 valence electrons. The zero-order chi connectivity index (χ0) is 17.2. The van der Waals surface area contributed by atoms with Gasteiger partial charge in [-0.05, 0) is 42.1 Å². The molecule has 2 bridgehead atoms. The lowest BCUT2D eigenvalue weighted by Crippen LogP contribution is -3.28. The minimum absolute atomic E-state index is 0.320. The SMILES string of the molecule is CCC[NH+]1CC[NH+](C[C@@H](O)COCC2=CC[C@@H]3C[C@H]2C3(C)C)CC1. The summed E-state index contributed by atoms with van der Waals surface area (Å²) < 4.78 is 5.89. The van der Waals surface area contributed by atoms with Crippen molar-refractivity contribution in [1.29, 1.82) is 0 Å². The summed E-state index contributed by atoms with van der Waals surface area (Å²) in [5, 5.41) is 10.3. The number of piperazine rings is 1. The van der Waals surface area contributed by atoms with Gasteiger partial charge in [0.2, 0.25) is 0 Å². The van der Waals surface area contributed by atoms with Crippen molar-refractivity contribution in [1.82, 2.24) is 0 Å². The summed E-state index contributed by atoms with van der Waals surface area (Å²) in [5.74, 6) is 1.60. The number of rotatable bonds is 8. The Morgan fingerprint density at radius 3 is 2.58 bits per heavy atom. The lowest BCUT2D eigenvalue weighted by atomic mass is 9.49. The predicted molar refractivity (Wildman–Crippen MR) is 96.3 cm³/mol. The van der Waals surface area contributed by atoms with Crippen LogP contribution >= 0.6 is 0 Å². The van der Waals surface area contributed by atoms with Crippen molar-refractivity contribution in [3.8, 4) is 0 Å². The van der Waals surface area contributed by atoms with Gasteiger partial charge in [-0.1, -0.05) is 26.8 Å². The summed E-state index contributed by atoms with van der Waals surface area (Å²) >= 11 is 0. The Morgan fingerprint density at radius 1 is 1.25 bits per heavy atom. The summed E-state index contributed by atoms with van der Waals surface area (Å²) in [4.78, 5) is 3.28. The normalized spacial score (nSPS) is 35.9. The van der Waals surface area contributed by atoms with Crippen LogP contribution in [-0.2, 0) is 4.74 Å². The molecule has 4 rings (SSSR count). The van der Waals surface area contributed by atoms with Crippen LogP contribution in [0, 0.1) is 17.3 Å². The fourth-order valence-electron chi connectivity index (χ4n) is 5.11. The highest BCUT2D eigenvalue weighted by Crippen LogP contribution is 2.59. The van der Waals surface area contributed by atoms with E-state index in [1.165, 1.54) is 57.6 Å². The zero-order valence-electron chi connectivity index (χ0n) is 15.9. The minimum Gasteiger partial charge on any atom is -0.385 e. The van der Waals surface area contributed by atoms with Gasteiger partial charge in [-0.2, -0.15) is 0 Å². The molecule has 0 radical (unpaired) electrons. The van der Waals surface area contributed by atoms with Gasteiger partial charge in [0.1, 0.15) is 38.8 Å². The van der Waals surface area contributed by atoms with Gasteiger partial charge in [0.15, 0.2) is 0 Å². The lowest BCUT2D eigenvalue weighted by Gasteiger charge is -2.56. The predicted octanol–water partition coefficient (Wildman–Crippen LogP) is -0.450. The largest absolute Gasteiger partial charge is 0.385 e. The van der Waals surface area contributed by atoms with Crippen LogP contribution < -0.4 is 9.80 Å². The van der Waals surface area contributed by atoms with Crippen molar-refractivity contribution in [2.75, 3.05) is 52.5 Å². The van der Waals surface area contributed by atoms with E-state index >= 15 is 0 Å². The molecule has 2 fully saturated rings. The third-order valence-electron chi connectivity index (χ3n) is 6.95. The topological polar surface area (TPSA) is 38.3 Å². The van der Waals surface area contributed by atoms with Crippen LogP contribution in [0.15, 0.2) is 11.6 Å². The maximum Gasteiger partial charge on any atom is 0.127 e. The summed E-state index contributed by atoms with van der Waals surface area (Å²) in [6.07, 6.45) is 5.92. The smallest absolute Gasteiger partial charge is 0.127 e. The Kier molecular flexibility index (Phi) is 6.02. The van der Waals surface area contributed by atoms with Crippen LogP contribution in [-0.4, -0.2) is 63.7 Å². The molecule has 1 aliphatic heterocycles. The summed E-state index contributed by atoms with van der Waals surface area (Å²) in [6.45, 7) is 15.3. The van der Waals surface area contributed by atoms with Crippen molar-refractivity contribution in [2.24, 2.45) is 17.3 Å². The quantitative estimate of drug-likeness (QED) is 0.525. The lowest BCUT2D eigenvalue weighted by molar-refractivity contribution is -1.01. The third-order valence-corrected chi connectivity index (χ3v) is 6.95. The Hall–Kier alpha value is -0.420. The van der Waals surface area contributed by atoms with Gasteiger partial charge in [0.25, 0.3) is 0 Å². The van der Waals surface area contributed by atoms with Crippen LogP contribution in [0.2, 0.25) is 0 Å². The number of hydrogen-bond acceptors (Lipinski definition) is 2. The number of fused-ring (bicyclic) bond motifs is 1.